The van der Waals surface area contributed by atoms with Crippen LogP contribution in [0.5, 0.6) is 0 Å². The van der Waals surface area contributed by atoms with E-state index in [-0.39, 0.29) is 11.6 Å². The minimum absolute atomic E-state index is 0.122. The zero-order chi connectivity index (χ0) is 9.40. The second-order valence-electron chi connectivity index (χ2n) is 2.71. The molecule has 0 aromatic heterocycles. The summed E-state index contributed by atoms with van der Waals surface area (Å²) in [5, 5.41) is 0. The Morgan fingerprint density at radius 2 is 1.75 bits per heavy atom. The molecule has 0 amide bonds. The molecular weight excluding hydrogens is 156 g/mol. The van der Waals surface area contributed by atoms with Gasteiger partial charge >= 0.3 is 0 Å². The summed E-state index contributed by atoms with van der Waals surface area (Å²) in [6.45, 7) is 4.24. The van der Waals surface area contributed by atoms with Crippen LogP contribution < -0.4 is 0 Å². The van der Waals surface area contributed by atoms with Gasteiger partial charge in [0.15, 0.2) is 0 Å². The number of carbonyl (C=O) groups excluding carboxylic acids is 2. The second kappa shape index (κ2) is 6.98. The summed E-state index contributed by atoms with van der Waals surface area (Å²) in [5.74, 6) is 0.328. The molecule has 0 heterocycles. The van der Waals surface area contributed by atoms with E-state index in [1.165, 1.54) is 6.92 Å². The van der Waals surface area contributed by atoms with E-state index in [9.17, 15) is 9.59 Å². The predicted molar refractivity (Wildman–Crippen MR) is 46.0 cm³/mol. The average molecular weight is 172 g/mol. The van der Waals surface area contributed by atoms with Gasteiger partial charge in [0.05, 0.1) is 13.2 Å². The normalized spacial score (nSPS) is 9.83. The summed E-state index contributed by atoms with van der Waals surface area (Å²) in [4.78, 5) is 21.2. The molecule has 3 nitrogen and oxygen atoms in total. The Morgan fingerprint density at radius 1 is 1.17 bits per heavy atom. The molecule has 0 bridgehead atoms. The van der Waals surface area contributed by atoms with Gasteiger partial charge in [0.25, 0.3) is 0 Å². The Kier molecular flexibility index (Phi) is 6.57. The van der Waals surface area contributed by atoms with E-state index in [1.54, 1.807) is 0 Å². The highest BCUT2D eigenvalue weighted by molar-refractivity contribution is 5.78. The number of Topliss-reactive ketones (excluding diaryl/α,β-unsaturated/α-hetero) is 2. The standard InChI is InChI=1S/C9H16O3/c1-3-9(11)5-7-12-6-4-8(2)10/h3-7H2,1-2H3. The van der Waals surface area contributed by atoms with Crippen molar-refractivity contribution in [2.45, 2.75) is 33.1 Å². The molecule has 0 aliphatic carbocycles. The lowest BCUT2D eigenvalue weighted by atomic mass is 10.2. The van der Waals surface area contributed by atoms with Gasteiger partial charge in [-0.3, -0.25) is 9.59 Å². The van der Waals surface area contributed by atoms with Crippen LogP contribution in [0.25, 0.3) is 0 Å². The van der Waals surface area contributed by atoms with Crippen molar-refractivity contribution in [1.82, 2.24) is 0 Å². The lowest BCUT2D eigenvalue weighted by Gasteiger charge is -2.00. The first-order valence-electron chi connectivity index (χ1n) is 4.25. The molecule has 0 aliphatic rings. The zero-order valence-electron chi connectivity index (χ0n) is 7.76. The number of rotatable bonds is 7. The highest BCUT2D eigenvalue weighted by Gasteiger charge is 1.98. The van der Waals surface area contributed by atoms with Crippen molar-refractivity contribution >= 4 is 11.6 Å². The zero-order valence-corrected chi connectivity index (χ0v) is 7.76. The van der Waals surface area contributed by atoms with Gasteiger partial charge < -0.3 is 4.74 Å². The quantitative estimate of drug-likeness (QED) is 0.544. The number of ether oxygens (including phenoxy) is 1. The summed E-state index contributed by atoms with van der Waals surface area (Å²) in [7, 11) is 0. The third kappa shape index (κ3) is 7.41. The highest BCUT2D eigenvalue weighted by atomic mass is 16.5. The molecule has 0 saturated carbocycles. The monoisotopic (exact) mass is 172 g/mol. The van der Waals surface area contributed by atoms with Gasteiger partial charge in [-0.05, 0) is 6.92 Å². The van der Waals surface area contributed by atoms with Crippen LogP contribution in [0.3, 0.4) is 0 Å². The van der Waals surface area contributed by atoms with Crippen LogP contribution in [-0.2, 0) is 14.3 Å². The first-order valence-corrected chi connectivity index (χ1v) is 4.25. The van der Waals surface area contributed by atoms with Gasteiger partial charge in [0.1, 0.15) is 11.6 Å². The Morgan fingerprint density at radius 3 is 2.25 bits per heavy atom. The highest BCUT2D eigenvalue weighted by Crippen LogP contribution is 1.91. The van der Waals surface area contributed by atoms with Gasteiger partial charge in [-0.25, -0.2) is 0 Å². The van der Waals surface area contributed by atoms with Crippen molar-refractivity contribution in [3.8, 4) is 0 Å². The Labute approximate surface area is 73.1 Å². The fourth-order valence-corrected chi connectivity index (χ4v) is 0.681. The van der Waals surface area contributed by atoms with Crippen molar-refractivity contribution < 1.29 is 14.3 Å². The molecule has 0 aromatic carbocycles. The fraction of sp³-hybridized carbons (Fsp3) is 0.778. The smallest absolute Gasteiger partial charge is 0.134 e. The van der Waals surface area contributed by atoms with Crippen molar-refractivity contribution in [3.63, 3.8) is 0 Å². The maximum atomic E-state index is 10.8. The van der Waals surface area contributed by atoms with Crippen molar-refractivity contribution in [1.29, 1.82) is 0 Å². The molecule has 0 aliphatic heterocycles. The number of ketones is 2. The predicted octanol–water partition coefficient (Wildman–Crippen LogP) is 1.35. The lowest BCUT2D eigenvalue weighted by molar-refractivity contribution is -0.120. The topological polar surface area (TPSA) is 43.4 Å². The lowest BCUT2D eigenvalue weighted by Crippen LogP contribution is -2.05. The third-order valence-corrected chi connectivity index (χ3v) is 1.52. The van der Waals surface area contributed by atoms with Crippen molar-refractivity contribution in [3.05, 3.63) is 0 Å². The molecule has 0 spiro atoms. The third-order valence-electron chi connectivity index (χ3n) is 1.52. The summed E-state index contributed by atoms with van der Waals surface area (Å²) in [5.41, 5.74) is 0. The number of carbonyl (C=O) groups is 2. The van der Waals surface area contributed by atoms with E-state index >= 15 is 0 Å². The van der Waals surface area contributed by atoms with Crippen LogP contribution >= 0.6 is 0 Å². The van der Waals surface area contributed by atoms with Crippen molar-refractivity contribution in [2.24, 2.45) is 0 Å². The Balaban J connectivity index is 3.11. The molecule has 0 unspecified atom stereocenters. The summed E-state index contributed by atoms with van der Waals surface area (Å²) >= 11 is 0. The number of hydrogen-bond donors (Lipinski definition) is 0. The van der Waals surface area contributed by atoms with E-state index in [4.69, 9.17) is 4.74 Å². The maximum Gasteiger partial charge on any atom is 0.134 e. The molecular formula is C9H16O3. The van der Waals surface area contributed by atoms with Gasteiger partial charge in [-0.2, -0.15) is 0 Å². The molecule has 0 radical (unpaired) electrons. The fourth-order valence-electron chi connectivity index (χ4n) is 0.681. The molecule has 0 saturated heterocycles. The van der Waals surface area contributed by atoms with Gasteiger partial charge in [0.2, 0.25) is 0 Å². The van der Waals surface area contributed by atoms with Crippen LogP contribution in [0.4, 0.5) is 0 Å². The number of hydrogen-bond acceptors (Lipinski definition) is 3. The van der Waals surface area contributed by atoms with Crippen LogP contribution in [0.1, 0.15) is 33.1 Å². The first-order chi connectivity index (χ1) is 5.66. The van der Waals surface area contributed by atoms with Gasteiger partial charge in [0, 0.05) is 19.3 Å². The van der Waals surface area contributed by atoms with E-state index in [1.807, 2.05) is 6.92 Å². The second-order valence-corrected chi connectivity index (χ2v) is 2.71. The molecule has 0 fully saturated rings. The van der Waals surface area contributed by atoms with Gasteiger partial charge in [-0.1, -0.05) is 6.92 Å². The van der Waals surface area contributed by atoms with E-state index in [0.717, 1.165) is 0 Å². The largest absolute Gasteiger partial charge is 0.381 e. The maximum absolute atomic E-state index is 10.8. The van der Waals surface area contributed by atoms with E-state index in [2.05, 4.69) is 0 Å². The molecule has 12 heavy (non-hydrogen) atoms. The molecule has 0 atom stereocenters. The average Bonchev–Trinajstić information content (AvgIpc) is 2.03. The minimum atomic E-state index is 0.122. The van der Waals surface area contributed by atoms with E-state index in [0.29, 0.717) is 32.5 Å². The first kappa shape index (κ1) is 11.3. The van der Waals surface area contributed by atoms with Crippen LogP contribution in [0, 0.1) is 0 Å². The van der Waals surface area contributed by atoms with Crippen LogP contribution in [-0.4, -0.2) is 24.8 Å². The molecule has 3 heteroatoms. The Bertz CT molecular complexity index is 152. The van der Waals surface area contributed by atoms with E-state index < -0.39 is 0 Å². The van der Waals surface area contributed by atoms with Gasteiger partial charge in [-0.15, -0.1) is 0 Å². The van der Waals surface area contributed by atoms with Crippen LogP contribution in [0.2, 0.25) is 0 Å². The Hall–Kier alpha value is -0.700. The summed E-state index contributed by atoms with van der Waals surface area (Å²) in [6.07, 6.45) is 1.48. The minimum Gasteiger partial charge on any atom is -0.381 e. The van der Waals surface area contributed by atoms with Crippen LogP contribution in [0.15, 0.2) is 0 Å². The molecule has 0 aromatic rings. The molecule has 0 rings (SSSR count). The SMILES string of the molecule is CCC(=O)CCOCCC(C)=O. The molecule has 70 valence electrons. The summed E-state index contributed by atoms with van der Waals surface area (Å²) < 4.78 is 5.08. The van der Waals surface area contributed by atoms with Crippen molar-refractivity contribution in [2.75, 3.05) is 13.2 Å². The summed E-state index contributed by atoms with van der Waals surface area (Å²) in [6, 6.07) is 0. The molecule has 0 N–H and O–H groups in total.